The monoisotopic (exact) mass is 300 g/mol. The highest BCUT2D eigenvalue weighted by molar-refractivity contribution is 4.89. The molecule has 0 aliphatic carbocycles. The van der Waals surface area contributed by atoms with Crippen LogP contribution < -0.4 is 16.4 Å². The van der Waals surface area contributed by atoms with Gasteiger partial charge in [-0.2, -0.15) is 0 Å². The van der Waals surface area contributed by atoms with Gasteiger partial charge in [0.25, 0.3) is 6.20 Å². The summed E-state index contributed by atoms with van der Waals surface area (Å²) in [4.78, 5) is 9.88. The molecule has 0 aliphatic rings. The van der Waals surface area contributed by atoms with Gasteiger partial charge in [-0.05, 0) is 19.4 Å². The Morgan fingerprint density at radius 2 is 1.48 bits per heavy atom. The molecule has 124 valence electrons. The van der Waals surface area contributed by atoms with Gasteiger partial charge in [-0.15, -0.1) is 0 Å². The minimum atomic E-state index is -0.452. The van der Waals surface area contributed by atoms with Gasteiger partial charge in [-0.3, -0.25) is 10.1 Å². The molecule has 0 aromatic carbocycles. The first-order chi connectivity index (χ1) is 10.2. The summed E-state index contributed by atoms with van der Waals surface area (Å²) in [6.07, 6.45) is 13.5. The van der Waals surface area contributed by atoms with Crippen LogP contribution in [0, 0.1) is 10.1 Å². The number of rotatable bonds is 15. The van der Waals surface area contributed by atoms with Crippen molar-refractivity contribution in [2.24, 2.45) is 5.73 Å². The predicted octanol–water partition coefficient (Wildman–Crippen LogP) is 2.73. The molecule has 0 unspecified atom stereocenters. The van der Waals surface area contributed by atoms with Gasteiger partial charge < -0.3 is 16.4 Å². The van der Waals surface area contributed by atoms with Gasteiger partial charge in [-0.1, -0.05) is 51.4 Å². The van der Waals surface area contributed by atoms with E-state index in [9.17, 15) is 10.1 Å². The van der Waals surface area contributed by atoms with Gasteiger partial charge >= 0.3 is 0 Å². The highest BCUT2D eigenvalue weighted by Crippen LogP contribution is 2.10. The molecule has 0 aromatic rings. The highest BCUT2D eigenvalue weighted by Gasteiger charge is 1.99. The zero-order valence-electron chi connectivity index (χ0n) is 13.4. The number of hydrogen-bond donors (Lipinski definition) is 3. The van der Waals surface area contributed by atoms with Gasteiger partial charge in [0.05, 0.1) is 4.92 Å². The van der Waals surface area contributed by atoms with Crippen LogP contribution in [0.2, 0.25) is 0 Å². The topological polar surface area (TPSA) is 93.2 Å². The summed E-state index contributed by atoms with van der Waals surface area (Å²) in [6.45, 7) is 1.60. The molecular formula is C15H32N4O2. The number of nitrogens with two attached hydrogens (primary N) is 1. The first-order valence-corrected chi connectivity index (χ1v) is 8.17. The van der Waals surface area contributed by atoms with E-state index >= 15 is 0 Å². The van der Waals surface area contributed by atoms with Crippen LogP contribution in [0.25, 0.3) is 0 Å². The van der Waals surface area contributed by atoms with Crippen LogP contribution >= 0.6 is 0 Å². The molecule has 0 spiro atoms. The zero-order valence-corrected chi connectivity index (χ0v) is 13.4. The lowest BCUT2D eigenvalue weighted by molar-refractivity contribution is -0.404. The van der Waals surface area contributed by atoms with Gasteiger partial charge in [0.15, 0.2) is 5.82 Å². The molecule has 0 atom stereocenters. The molecule has 0 saturated heterocycles. The van der Waals surface area contributed by atoms with E-state index in [1.807, 2.05) is 0 Å². The van der Waals surface area contributed by atoms with Gasteiger partial charge in [0.2, 0.25) is 0 Å². The minimum Gasteiger partial charge on any atom is -0.370 e. The third-order valence-electron chi connectivity index (χ3n) is 3.45. The lowest BCUT2D eigenvalue weighted by atomic mass is 10.1. The average molecular weight is 300 g/mol. The summed E-state index contributed by atoms with van der Waals surface area (Å²) in [7, 11) is 1.68. The standard InChI is InChI=1S/C15H32N4O2/c1-17-15(14-19(20)21)18-13-11-9-7-5-3-2-4-6-8-10-12-16/h14,17-18H,2-13,16H2,1H3/b15-14+. The molecule has 6 nitrogen and oxygen atoms in total. The van der Waals surface area contributed by atoms with Crippen molar-refractivity contribution in [2.45, 2.75) is 64.2 Å². The van der Waals surface area contributed by atoms with Crippen molar-refractivity contribution in [2.75, 3.05) is 20.1 Å². The molecule has 0 aromatic heterocycles. The summed E-state index contributed by atoms with van der Waals surface area (Å²) in [6, 6.07) is 0. The fourth-order valence-electron chi connectivity index (χ4n) is 2.21. The predicted molar refractivity (Wildman–Crippen MR) is 87.4 cm³/mol. The van der Waals surface area contributed by atoms with E-state index in [1.165, 1.54) is 51.4 Å². The molecule has 21 heavy (non-hydrogen) atoms. The van der Waals surface area contributed by atoms with Crippen LogP contribution in [0.15, 0.2) is 12.0 Å². The fourth-order valence-corrected chi connectivity index (χ4v) is 2.21. The van der Waals surface area contributed by atoms with E-state index in [1.54, 1.807) is 7.05 Å². The van der Waals surface area contributed by atoms with E-state index in [2.05, 4.69) is 10.6 Å². The van der Waals surface area contributed by atoms with Gasteiger partial charge in [-0.25, -0.2) is 0 Å². The molecule has 0 aliphatic heterocycles. The summed E-state index contributed by atoms with van der Waals surface area (Å²) in [5, 5.41) is 16.1. The molecule has 0 radical (unpaired) electrons. The van der Waals surface area contributed by atoms with Crippen LogP contribution in [-0.2, 0) is 0 Å². The largest absolute Gasteiger partial charge is 0.370 e. The van der Waals surface area contributed by atoms with Crippen LogP contribution in [-0.4, -0.2) is 25.1 Å². The lowest BCUT2D eigenvalue weighted by Crippen LogP contribution is -2.25. The molecule has 6 heteroatoms. The van der Waals surface area contributed by atoms with Crippen LogP contribution in [0.5, 0.6) is 0 Å². The van der Waals surface area contributed by atoms with Gasteiger partial charge in [0, 0.05) is 13.6 Å². The van der Waals surface area contributed by atoms with Crippen LogP contribution in [0.1, 0.15) is 64.2 Å². The first-order valence-electron chi connectivity index (χ1n) is 8.17. The number of nitrogens with one attached hydrogen (secondary N) is 2. The Balaban J connectivity index is 3.27. The van der Waals surface area contributed by atoms with Crippen LogP contribution in [0.3, 0.4) is 0 Å². The summed E-state index contributed by atoms with van der Waals surface area (Å²) >= 11 is 0. The van der Waals surface area contributed by atoms with Crippen molar-refractivity contribution in [3.8, 4) is 0 Å². The molecule has 0 bridgehead atoms. The van der Waals surface area contributed by atoms with Crippen molar-refractivity contribution in [3.05, 3.63) is 22.1 Å². The van der Waals surface area contributed by atoms with E-state index < -0.39 is 4.92 Å². The molecule has 0 amide bonds. The maximum absolute atomic E-state index is 10.3. The van der Waals surface area contributed by atoms with E-state index in [4.69, 9.17) is 5.73 Å². The fraction of sp³-hybridized carbons (Fsp3) is 0.867. The highest BCUT2D eigenvalue weighted by atomic mass is 16.6. The quantitative estimate of drug-likeness (QED) is 0.246. The second kappa shape index (κ2) is 15.1. The summed E-state index contributed by atoms with van der Waals surface area (Å²) < 4.78 is 0. The van der Waals surface area contributed by atoms with Gasteiger partial charge in [0.1, 0.15) is 0 Å². The molecule has 0 rings (SSSR count). The van der Waals surface area contributed by atoms with Crippen molar-refractivity contribution in [1.82, 2.24) is 10.6 Å². The SMILES string of the molecule is CN/C(=C\[N+](=O)[O-])NCCCCCCCCCCCCN. The van der Waals surface area contributed by atoms with Crippen molar-refractivity contribution < 1.29 is 4.92 Å². The minimum absolute atomic E-state index is 0.452. The maximum atomic E-state index is 10.3. The Hall–Kier alpha value is -1.30. The number of hydrogen-bond acceptors (Lipinski definition) is 5. The second-order valence-electron chi connectivity index (χ2n) is 5.33. The van der Waals surface area contributed by atoms with Crippen LogP contribution in [0.4, 0.5) is 0 Å². The Morgan fingerprint density at radius 1 is 1.00 bits per heavy atom. The molecule has 0 saturated carbocycles. The van der Waals surface area contributed by atoms with E-state index in [0.717, 1.165) is 32.1 Å². The molecular weight excluding hydrogens is 268 g/mol. The first kappa shape index (κ1) is 19.7. The maximum Gasteiger partial charge on any atom is 0.274 e. The third-order valence-corrected chi connectivity index (χ3v) is 3.45. The number of unbranched alkanes of at least 4 members (excludes halogenated alkanes) is 9. The smallest absolute Gasteiger partial charge is 0.274 e. The zero-order chi connectivity index (χ0) is 15.8. The normalized spacial score (nSPS) is 11.4. The second-order valence-corrected chi connectivity index (χ2v) is 5.33. The lowest BCUT2D eigenvalue weighted by Gasteiger charge is -2.07. The van der Waals surface area contributed by atoms with E-state index in [-0.39, 0.29) is 0 Å². The number of nitro groups is 1. The van der Waals surface area contributed by atoms with Crippen molar-refractivity contribution in [1.29, 1.82) is 0 Å². The Kier molecular flexibility index (Phi) is 14.2. The average Bonchev–Trinajstić information content (AvgIpc) is 2.46. The third kappa shape index (κ3) is 14.9. The molecule has 4 N–H and O–H groups in total. The van der Waals surface area contributed by atoms with Crippen molar-refractivity contribution >= 4 is 0 Å². The Morgan fingerprint density at radius 3 is 1.90 bits per heavy atom. The Labute approximate surface area is 128 Å². The Bertz CT molecular complexity index is 283. The molecule has 0 fully saturated rings. The summed E-state index contributed by atoms with van der Waals surface area (Å²) in [5.41, 5.74) is 5.45. The van der Waals surface area contributed by atoms with E-state index in [0.29, 0.717) is 5.82 Å². The summed E-state index contributed by atoms with van der Waals surface area (Å²) in [5.74, 6) is 0.470. The number of nitrogens with zero attached hydrogens (tertiary/aromatic N) is 1. The molecule has 0 heterocycles. The van der Waals surface area contributed by atoms with Crippen molar-refractivity contribution in [3.63, 3.8) is 0 Å².